The third kappa shape index (κ3) is 3.16. The fourth-order valence-electron chi connectivity index (χ4n) is 2.93. The van der Waals surface area contributed by atoms with Crippen LogP contribution in [-0.4, -0.2) is 48.6 Å². The van der Waals surface area contributed by atoms with E-state index >= 15 is 0 Å². The molecular weight excluding hydrogens is 260 g/mol. The Morgan fingerprint density at radius 1 is 1.15 bits per heavy atom. The predicted octanol–water partition coefficient (Wildman–Crippen LogP) is 1.74. The molecule has 1 aromatic carbocycles. The van der Waals surface area contributed by atoms with Gasteiger partial charge in [0.25, 0.3) is 0 Å². The maximum absolute atomic E-state index is 13.7. The first-order valence-corrected chi connectivity index (χ1v) is 7.30. The first-order valence-electron chi connectivity index (χ1n) is 7.30. The Kier molecular flexibility index (Phi) is 4.01. The highest BCUT2D eigenvalue weighted by molar-refractivity contribution is 5.22. The van der Waals surface area contributed by atoms with Crippen LogP contribution in [0.2, 0.25) is 0 Å². The van der Waals surface area contributed by atoms with Gasteiger partial charge < -0.3 is 5.73 Å². The van der Waals surface area contributed by atoms with Crippen LogP contribution in [0.1, 0.15) is 24.4 Å². The van der Waals surface area contributed by atoms with Gasteiger partial charge in [0.05, 0.1) is 0 Å². The largest absolute Gasteiger partial charge is 0.323 e. The van der Waals surface area contributed by atoms with Gasteiger partial charge in [-0.1, -0.05) is 6.07 Å². The fraction of sp³-hybridized carbons (Fsp3) is 0.600. The fourth-order valence-corrected chi connectivity index (χ4v) is 2.93. The highest BCUT2D eigenvalue weighted by Crippen LogP contribution is 2.27. The lowest BCUT2D eigenvalue weighted by Crippen LogP contribution is -2.48. The molecule has 3 rings (SSSR count). The van der Waals surface area contributed by atoms with Gasteiger partial charge >= 0.3 is 0 Å². The van der Waals surface area contributed by atoms with Crippen molar-refractivity contribution in [3.8, 4) is 0 Å². The summed E-state index contributed by atoms with van der Waals surface area (Å²) in [5.74, 6) is -1.11. The first-order chi connectivity index (χ1) is 9.63. The van der Waals surface area contributed by atoms with Crippen molar-refractivity contribution in [3.63, 3.8) is 0 Å². The molecule has 20 heavy (non-hydrogen) atoms. The van der Waals surface area contributed by atoms with Crippen LogP contribution in [0.4, 0.5) is 8.78 Å². The molecule has 2 N–H and O–H groups in total. The number of hydrogen-bond acceptors (Lipinski definition) is 3. The Hall–Kier alpha value is -1.04. The molecule has 0 bridgehead atoms. The molecule has 5 heteroatoms. The quantitative estimate of drug-likeness (QED) is 0.912. The van der Waals surface area contributed by atoms with Gasteiger partial charge in [0.1, 0.15) is 11.6 Å². The minimum absolute atomic E-state index is 0.399. The average molecular weight is 281 g/mol. The van der Waals surface area contributed by atoms with Crippen LogP contribution in [0.25, 0.3) is 0 Å². The van der Waals surface area contributed by atoms with Crippen molar-refractivity contribution in [2.45, 2.75) is 24.9 Å². The minimum Gasteiger partial charge on any atom is -0.323 e. The summed E-state index contributed by atoms with van der Waals surface area (Å²) < 4.78 is 26.6. The van der Waals surface area contributed by atoms with Gasteiger partial charge in [-0.15, -0.1) is 0 Å². The molecule has 1 saturated heterocycles. The third-order valence-corrected chi connectivity index (χ3v) is 4.29. The smallest absolute Gasteiger partial charge is 0.130 e. The summed E-state index contributed by atoms with van der Waals surface area (Å²) in [4.78, 5) is 4.80. The highest BCUT2D eigenvalue weighted by Gasteiger charge is 2.31. The van der Waals surface area contributed by atoms with Crippen molar-refractivity contribution in [2.24, 2.45) is 5.73 Å². The highest BCUT2D eigenvalue weighted by atomic mass is 19.1. The van der Waals surface area contributed by atoms with Crippen molar-refractivity contribution in [1.29, 1.82) is 0 Å². The van der Waals surface area contributed by atoms with Gasteiger partial charge in [0.15, 0.2) is 0 Å². The van der Waals surface area contributed by atoms with Crippen molar-refractivity contribution in [2.75, 3.05) is 32.7 Å². The van der Waals surface area contributed by atoms with E-state index in [-0.39, 0.29) is 0 Å². The molecule has 1 heterocycles. The van der Waals surface area contributed by atoms with Crippen LogP contribution >= 0.6 is 0 Å². The van der Waals surface area contributed by atoms with E-state index in [4.69, 9.17) is 5.73 Å². The average Bonchev–Trinajstić information content (AvgIpc) is 3.23. The van der Waals surface area contributed by atoms with E-state index in [2.05, 4.69) is 9.80 Å². The lowest BCUT2D eigenvalue weighted by atomic mass is 10.1. The van der Waals surface area contributed by atoms with E-state index < -0.39 is 17.7 Å². The second-order valence-corrected chi connectivity index (χ2v) is 5.84. The van der Waals surface area contributed by atoms with Crippen molar-refractivity contribution >= 4 is 0 Å². The molecule has 110 valence electrons. The van der Waals surface area contributed by atoms with Crippen molar-refractivity contribution in [3.05, 3.63) is 35.4 Å². The molecule has 0 radical (unpaired) electrons. The third-order valence-electron chi connectivity index (χ3n) is 4.29. The monoisotopic (exact) mass is 281 g/mol. The van der Waals surface area contributed by atoms with Gasteiger partial charge in [-0.2, -0.15) is 0 Å². The molecule has 2 aliphatic rings. The normalized spacial score (nSPS) is 22.9. The molecule has 1 atom stereocenters. The molecule has 1 aliphatic carbocycles. The Labute approximate surface area is 118 Å². The van der Waals surface area contributed by atoms with Crippen molar-refractivity contribution in [1.82, 2.24) is 9.80 Å². The number of halogens is 2. The maximum Gasteiger partial charge on any atom is 0.130 e. The summed E-state index contributed by atoms with van der Waals surface area (Å²) in [7, 11) is 0. The topological polar surface area (TPSA) is 32.5 Å². The second-order valence-electron chi connectivity index (χ2n) is 5.84. The second kappa shape index (κ2) is 5.76. The number of nitrogens with two attached hydrogens (primary N) is 1. The Morgan fingerprint density at radius 3 is 2.45 bits per heavy atom. The molecule has 1 aliphatic heterocycles. The Bertz CT molecular complexity index is 468. The van der Waals surface area contributed by atoms with Gasteiger partial charge in [0, 0.05) is 56.4 Å². The van der Waals surface area contributed by atoms with Gasteiger partial charge in [-0.3, -0.25) is 9.80 Å². The van der Waals surface area contributed by atoms with Crippen LogP contribution < -0.4 is 5.73 Å². The standard InChI is InChI=1S/C15H21F2N3/c16-11-1-4-13(14(17)9-11)15(18)10-19-5-7-20(8-6-19)12-2-3-12/h1,4,9,12,15H,2-3,5-8,10,18H2. The summed E-state index contributed by atoms with van der Waals surface area (Å²) in [5.41, 5.74) is 6.46. The zero-order chi connectivity index (χ0) is 14.1. The van der Waals surface area contributed by atoms with Crippen LogP contribution in [0, 0.1) is 11.6 Å². The maximum atomic E-state index is 13.7. The van der Waals surface area contributed by atoms with Gasteiger partial charge in [0.2, 0.25) is 0 Å². The van der Waals surface area contributed by atoms with E-state index in [0.717, 1.165) is 38.3 Å². The predicted molar refractivity (Wildman–Crippen MR) is 74.3 cm³/mol. The van der Waals surface area contributed by atoms with Crippen molar-refractivity contribution < 1.29 is 8.78 Å². The molecule has 1 aromatic rings. The molecule has 3 nitrogen and oxygen atoms in total. The van der Waals surface area contributed by atoms with Gasteiger partial charge in [-0.25, -0.2) is 8.78 Å². The van der Waals surface area contributed by atoms with E-state index in [0.29, 0.717) is 12.1 Å². The summed E-state index contributed by atoms with van der Waals surface area (Å²) in [5, 5.41) is 0. The van der Waals surface area contributed by atoms with E-state index in [1.54, 1.807) is 0 Å². The van der Waals surface area contributed by atoms with Crippen LogP contribution in [0.5, 0.6) is 0 Å². The summed E-state index contributed by atoms with van der Waals surface area (Å²) >= 11 is 0. The molecule has 2 fully saturated rings. The van der Waals surface area contributed by atoms with E-state index in [1.165, 1.54) is 25.0 Å². The minimum atomic E-state index is -0.559. The molecule has 0 amide bonds. The SMILES string of the molecule is NC(CN1CCN(C2CC2)CC1)c1ccc(F)cc1F. The first kappa shape index (κ1) is 13.9. The number of hydrogen-bond donors (Lipinski definition) is 1. The molecular formula is C15H21F2N3. The van der Waals surface area contributed by atoms with Crippen LogP contribution in [0.15, 0.2) is 18.2 Å². The zero-order valence-corrected chi connectivity index (χ0v) is 11.6. The molecule has 0 aromatic heterocycles. The zero-order valence-electron chi connectivity index (χ0n) is 11.6. The lowest BCUT2D eigenvalue weighted by Gasteiger charge is -2.36. The molecule has 0 spiro atoms. The van der Waals surface area contributed by atoms with Gasteiger partial charge in [-0.05, 0) is 18.9 Å². The number of nitrogens with zero attached hydrogens (tertiary/aromatic N) is 2. The number of benzene rings is 1. The van der Waals surface area contributed by atoms with E-state index in [1.807, 2.05) is 0 Å². The summed E-state index contributed by atoms with van der Waals surface area (Å²) in [6, 6.07) is 4.03. The number of rotatable bonds is 4. The van der Waals surface area contributed by atoms with E-state index in [9.17, 15) is 8.78 Å². The molecule has 1 unspecified atom stereocenters. The summed E-state index contributed by atoms with van der Waals surface area (Å²) in [6.45, 7) is 4.73. The van der Waals surface area contributed by atoms with Crippen LogP contribution in [0.3, 0.4) is 0 Å². The Balaban J connectivity index is 1.54. The molecule has 1 saturated carbocycles. The van der Waals surface area contributed by atoms with Crippen LogP contribution in [-0.2, 0) is 0 Å². The summed E-state index contributed by atoms with van der Waals surface area (Å²) in [6.07, 6.45) is 2.67. The Morgan fingerprint density at radius 2 is 1.85 bits per heavy atom. The number of piperazine rings is 1. The lowest BCUT2D eigenvalue weighted by molar-refractivity contribution is 0.121.